The molecule has 1 atom stereocenters. The highest BCUT2D eigenvalue weighted by Crippen LogP contribution is 2.11. The average molecular weight is 221 g/mol. The summed E-state index contributed by atoms with van der Waals surface area (Å²) in [4.78, 5) is 13.3. The first kappa shape index (κ1) is 13.7. The molecule has 3 N–H and O–H groups in total. The first-order valence-electron chi connectivity index (χ1n) is 4.37. The van der Waals surface area contributed by atoms with E-state index in [0.717, 1.165) is 12.3 Å². The van der Waals surface area contributed by atoms with Crippen LogP contribution in [0.5, 0.6) is 0 Å². The molecule has 0 spiro atoms. The van der Waals surface area contributed by atoms with Gasteiger partial charge in [-0.1, -0.05) is 0 Å². The van der Waals surface area contributed by atoms with Crippen LogP contribution in [0.1, 0.15) is 0 Å². The fraction of sp³-hybridized carbons (Fsp3) is 0.875. The van der Waals surface area contributed by atoms with Gasteiger partial charge in [-0.3, -0.25) is 10.2 Å². The molecule has 0 fully saturated rings. The lowest BCUT2D eigenvalue weighted by atomic mass is 10.4. The molecule has 0 saturated heterocycles. The number of nitrogens with zero attached hydrogens (tertiary/aromatic N) is 1. The van der Waals surface area contributed by atoms with E-state index in [0.29, 0.717) is 6.61 Å². The van der Waals surface area contributed by atoms with Crippen molar-refractivity contribution < 1.29 is 9.53 Å². The van der Waals surface area contributed by atoms with E-state index >= 15 is 0 Å². The number of hydrogen-bond donors (Lipinski definition) is 2. The quantitative estimate of drug-likeness (QED) is 0.337. The molecule has 0 aromatic carbocycles. The Morgan fingerprint density at radius 2 is 2.29 bits per heavy atom. The molecule has 0 aliphatic rings. The lowest BCUT2D eigenvalue weighted by Crippen LogP contribution is -2.40. The fourth-order valence-corrected chi connectivity index (χ4v) is 2.03. The number of amides is 1. The van der Waals surface area contributed by atoms with Crippen molar-refractivity contribution in [3.8, 4) is 0 Å². The summed E-state index contributed by atoms with van der Waals surface area (Å²) in [5.41, 5.74) is 2.13. The lowest BCUT2D eigenvalue weighted by Gasteiger charge is -2.15. The van der Waals surface area contributed by atoms with Crippen molar-refractivity contribution in [2.75, 3.05) is 40.1 Å². The van der Waals surface area contributed by atoms with Crippen molar-refractivity contribution in [2.24, 2.45) is 5.84 Å². The molecule has 1 unspecified atom stereocenters. The summed E-state index contributed by atoms with van der Waals surface area (Å²) in [6, 6.07) is 0. The molecule has 0 radical (unpaired) electrons. The summed E-state index contributed by atoms with van der Waals surface area (Å²) < 4.78 is 4.93. The Bertz CT molecular complexity index is 167. The number of ether oxygens (including phenoxy) is 1. The molecule has 84 valence electrons. The first-order chi connectivity index (χ1) is 6.61. The van der Waals surface area contributed by atoms with Gasteiger partial charge in [0.25, 0.3) is 0 Å². The smallest absolute Gasteiger partial charge is 0.249 e. The first-order valence-corrected chi connectivity index (χ1v) is 5.42. The molecule has 1 amide bonds. The number of thioether (sulfide) groups is 1. The van der Waals surface area contributed by atoms with E-state index in [-0.39, 0.29) is 11.2 Å². The molecule has 5 nitrogen and oxygen atoms in total. The number of methoxy groups -OCH3 is 1. The molecule has 0 aromatic rings. The fourth-order valence-electron chi connectivity index (χ4n) is 0.821. The Kier molecular flexibility index (Phi) is 7.87. The zero-order valence-electron chi connectivity index (χ0n) is 8.95. The molecule has 14 heavy (non-hydrogen) atoms. The van der Waals surface area contributed by atoms with E-state index in [4.69, 9.17) is 10.6 Å². The molecular formula is C8H19N3O2S. The second-order valence-corrected chi connectivity index (χ2v) is 4.44. The molecule has 0 bridgehead atoms. The Morgan fingerprint density at radius 3 is 2.71 bits per heavy atom. The molecule has 0 aliphatic heterocycles. The second-order valence-electron chi connectivity index (χ2n) is 3.13. The maximum Gasteiger partial charge on any atom is 0.249 e. The number of nitrogens with two attached hydrogens (primary N) is 1. The van der Waals surface area contributed by atoms with E-state index in [2.05, 4.69) is 10.3 Å². The van der Waals surface area contributed by atoms with E-state index < -0.39 is 0 Å². The molecule has 0 rings (SSSR count). The third kappa shape index (κ3) is 6.20. The van der Waals surface area contributed by atoms with Crippen molar-refractivity contribution in [1.29, 1.82) is 0 Å². The zero-order chi connectivity index (χ0) is 11.0. The normalized spacial score (nSPS) is 12.9. The molecule has 0 aliphatic carbocycles. The second kappa shape index (κ2) is 8.05. The van der Waals surface area contributed by atoms with Gasteiger partial charge < -0.3 is 9.64 Å². The van der Waals surface area contributed by atoms with E-state index in [9.17, 15) is 4.79 Å². The summed E-state index contributed by atoms with van der Waals surface area (Å²) in [6.45, 7) is 1.32. The third-order valence-corrected chi connectivity index (χ3v) is 2.78. The maximum absolute atomic E-state index is 11.2. The van der Waals surface area contributed by atoms with E-state index in [1.54, 1.807) is 18.9 Å². The SMILES string of the molecule is COCC(SCCN(C)C)C(=O)NN. The third-order valence-electron chi connectivity index (χ3n) is 1.61. The maximum atomic E-state index is 11.2. The molecule has 0 saturated carbocycles. The number of rotatable bonds is 7. The van der Waals surface area contributed by atoms with Crippen molar-refractivity contribution in [3.05, 3.63) is 0 Å². The summed E-state index contributed by atoms with van der Waals surface area (Å²) in [7, 11) is 5.56. The van der Waals surface area contributed by atoms with Crippen LogP contribution in [-0.2, 0) is 9.53 Å². The van der Waals surface area contributed by atoms with Crippen LogP contribution in [-0.4, -0.2) is 56.2 Å². The van der Waals surface area contributed by atoms with Gasteiger partial charge in [-0.05, 0) is 14.1 Å². The van der Waals surface area contributed by atoms with Crippen molar-refractivity contribution in [1.82, 2.24) is 10.3 Å². The standard InChI is InChI=1S/C8H19N3O2S/c1-11(2)4-5-14-7(6-13-3)8(12)10-9/h7H,4-6,9H2,1-3H3,(H,10,12). The van der Waals surface area contributed by atoms with Crippen molar-refractivity contribution >= 4 is 17.7 Å². The van der Waals surface area contributed by atoms with Gasteiger partial charge in [-0.25, -0.2) is 5.84 Å². The van der Waals surface area contributed by atoms with Gasteiger partial charge in [0.05, 0.1) is 6.61 Å². The van der Waals surface area contributed by atoms with Gasteiger partial charge in [0.15, 0.2) is 0 Å². The molecule has 0 heterocycles. The van der Waals surface area contributed by atoms with Crippen molar-refractivity contribution in [3.63, 3.8) is 0 Å². The van der Waals surface area contributed by atoms with Gasteiger partial charge >= 0.3 is 0 Å². The van der Waals surface area contributed by atoms with Gasteiger partial charge in [-0.15, -0.1) is 11.8 Å². The van der Waals surface area contributed by atoms with Gasteiger partial charge in [0.2, 0.25) is 5.91 Å². The lowest BCUT2D eigenvalue weighted by molar-refractivity contribution is -0.121. The number of nitrogens with one attached hydrogen (secondary N) is 1. The summed E-state index contributed by atoms with van der Waals surface area (Å²) >= 11 is 1.55. The Morgan fingerprint density at radius 1 is 1.64 bits per heavy atom. The largest absolute Gasteiger partial charge is 0.383 e. The van der Waals surface area contributed by atoms with Crippen LogP contribution < -0.4 is 11.3 Å². The van der Waals surface area contributed by atoms with Crippen LogP contribution in [0, 0.1) is 0 Å². The van der Waals surface area contributed by atoms with Crippen LogP contribution in [0.25, 0.3) is 0 Å². The summed E-state index contributed by atoms with van der Waals surface area (Å²) in [5, 5.41) is -0.218. The Balaban J connectivity index is 3.78. The number of hydrogen-bond acceptors (Lipinski definition) is 5. The van der Waals surface area contributed by atoms with Crippen LogP contribution in [0.2, 0.25) is 0 Å². The Hall–Kier alpha value is -0.300. The average Bonchev–Trinajstić information content (AvgIpc) is 2.15. The van der Waals surface area contributed by atoms with Crippen LogP contribution in [0.15, 0.2) is 0 Å². The van der Waals surface area contributed by atoms with Crippen molar-refractivity contribution in [2.45, 2.75) is 5.25 Å². The minimum absolute atomic E-state index is 0.185. The van der Waals surface area contributed by atoms with E-state index in [1.165, 1.54) is 0 Å². The number of carbonyl (C=O) groups excluding carboxylic acids is 1. The highest BCUT2D eigenvalue weighted by molar-refractivity contribution is 8.00. The predicted octanol–water partition coefficient (Wildman–Crippen LogP) is -0.714. The molecule has 6 heteroatoms. The summed E-state index contributed by atoms with van der Waals surface area (Å²) in [5.74, 6) is 5.75. The Labute approximate surface area is 89.3 Å². The highest BCUT2D eigenvalue weighted by atomic mass is 32.2. The predicted molar refractivity (Wildman–Crippen MR) is 59.0 cm³/mol. The van der Waals surface area contributed by atoms with Crippen LogP contribution in [0.3, 0.4) is 0 Å². The zero-order valence-corrected chi connectivity index (χ0v) is 9.76. The number of carbonyl (C=O) groups is 1. The molecular weight excluding hydrogens is 202 g/mol. The van der Waals surface area contributed by atoms with Crippen LogP contribution >= 0.6 is 11.8 Å². The highest BCUT2D eigenvalue weighted by Gasteiger charge is 2.17. The molecule has 0 aromatic heterocycles. The topological polar surface area (TPSA) is 67.6 Å². The van der Waals surface area contributed by atoms with Gasteiger partial charge in [-0.2, -0.15) is 0 Å². The summed E-state index contributed by atoms with van der Waals surface area (Å²) in [6.07, 6.45) is 0. The minimum atomic E-state index is -0.218. The minimum Gasteiger partial charge on any atom is -0.383 e. The van der Waals surface area contributed by atoms with Gasteiger partial charge in [0, 0.05) is 19.4 Å². The number of hydrazine groups is 1. The van der Waals surface area contributed by atoms with E-state index in [1.807, 2.05) is 14.1 Å². The monoisotopic (exact) mass is 221 g/mol. The van der Waals surface area contributed by atoms with Gasteiger partial charge in [0.1, 0.15) is 5.25 Å². The van der Waals surface area contributed by atoms with Crippen LogP contribution in [0.4, 0.5) is 0 Å².